The van der Waals surface area contributed by atoms with Crippen molar-refractivity contribution in [2.75, 3.05) is 11.4 Å². The van der Waals surface area contributed by atoms with Gasteiger partial charge in [-0.25, -0.2) is 4.90 Å². The van der Waals surface area contributed by atoms with Gasteiger partial charge in [-0.3, -0.25) is 14.4 Å². The molecule has 3 fully saturated rings. The van der Waals surface area contributed by atoms with Crippen molar-refractivity contribution < 1.29 is 19.3 Å². The zero-order valence-electron chi connectivity index (χ0n) is 16.1. The van der Waals surface area contributed by atoms with Gasteiger partial charge in [0.2, 0.25) is 17.6 Å². The molecule has 0 spiro atoms. The van der Waals surface area contributed by atoms with Gasteiger partial charge in [0.25, 0.3) is 0 Å². The Labute approximate surface area is 174 Å². The van der Waals surface area contributed by atoms with Crippen molar-refractivity contribution in [3.63, 3.8) is 0 Å². The number of nitrogens with one attached hydrogen (secondary N) is 1. The van der Waals surface area contributed by atoms with Crippen molar-refractivity contribution in [1.82, 2.24) is 0 Å². The minimum absolute atomic E-state index is 0.0278. The number of quaternary nitrogens is 1. The van der Waals surface area contributed by atoms with E-state index in [1.54, 1.807) is 24.3 Å². The number of rotatable bonds is 3. The predicted molar refractivity (Wildman–Crippen MR) is 109 cm³/mol. The van der Waals surface area contributed by atoms with Crippen molar-refractivity contribution in [3.05, 3.63) is 64.7 Å². The molecule has 3 aliphatic heterocycles. The second-order valence-electron chi connectivity index (χ2n) is 8.32. The molecule has 0 aliphatic carbocycles. The molecule has 3 aliphatic rings. The normalized spacial score (nSPS) is 30.6. The predicted octanol–water partition coefficient (Wildman–Crippen LogP) is 2.07. The average Bonchev–Trinajstić information content (AvgIpc) is 3.34. The van der Waals surface area contributed by atoms with Crippen LogP contribution >= 0.6 is 11.6 Å². The van der Waals surface area contributed by atoms with E-state index >= 15 is 0 Å². The van der Waals surface area contributed by atoms with Crippen LogP contribution in [0.4, 0.5) is 5.69 Å². The number of aryl methyl sites for hydroxylation is 1. The van der Waals surface area contributed by atoms with Gasteiger partial charge in [-0.15, -0.1) is 0 Å². The third-order valence-corrected chi connectivity index (χ3v) is 6.97. The summed E-state index contributed by atoms with van der Waals surface area (Å²) in [6, 6.07) is 13.8. The summed E-state index contributed by atoms with van der Waals surface area (Å²) in [6.45, 7) is 2.81. The summed E-state index contributed by atoms with van der Waals surface area (Å²) in [5.74, 6) is -1.53. The van der Waals surface area contributed by atoms with Crippen molar-refractivity contribution in [2.24, 2.45) is 11.8 Å². The number of Topliss-reactive ketones (excluding diaryl/α,β-unsaturated/α-hetero) is 1. The van der Waals surface area contributed by atoms with E-state index in [1.165, 1.54) is 4.90 Å². The second kappa shape index (κ2) is 6.78. The summed E-state index contributed by atoms with van der Waals surface area (Å²) in [6.07, 6.45) is 1.84. The first-order valence-electron chi connectivity index (χ1n) is 10.1. The Bertz CT molecular complexity index is 1020. The third kappa shape index (κ3) is 2.75. The van der Waals surface area contributed by atoms with Crippen LogP contribution < -0.4 is 9.80 Å². The number of nitrogens with zero attached hydrogens (tertiary/aromatic N) is 1. The van der Waals surface area contributed by atoms with Gasteiger partial charge in [-0.1, -0.05) is 47.5 Å². The van der Waals surface area contributed by atoms with E-state index in [-0.39, 0.29) is 23.6 Å². The minimum Gasteiger partial charge on any atom is -0.322 e. The Kier molecular flexibility index (Phi) is 4.33. The molecule has 5 rings (SSSR count). The van der Waals surface area contributed by atoms with Crippen LogP contribution in [0.5, 0.6) is 0 Å². The standard InChI is InChI=1S/C23H21ClN2O3/c1-13-7-9-14(10-8-13)21(27)20-19-18(17-6-3-11-25(17)20)22(28)26(23(19)29)16-5-2-4-15(24)12-16/h2,4-5,7-10,12,17-20H,3,6,11H2,1H3/p+1/t17-,18-,19+,20-/m1/s1. The van der Waals surface area contributed by atoms with Crippen LogP contribution in [0.3, 0.4) is 0 Å². The molecule has 6 heteroatoms. The summed E-state index contributed by atoms with van der Waals surface area (Å²) < 4.78 is 0. The number of anilines is 1. The minimum atomic E-state index is -0.601. The molecule has 2 aromatic rings. The van der Waals surface area contributed by atoms with Crippen molar-refractivity contribution in [1.29, 1.82) is 0 Å². The highest BCUT2D eigenvalue weighted by atomic mass is 35.5. The van der Waals surface area contributed by atoms with Gasteiger partial charge in [-0.05, 0) is 25.1 Å². The number of hydrogen-bond acceptors (Lipinski definition) is 3. The molecule has 2 amide bonds. The van der Waals surface area contributed by atoms with Crippen LogP contribution in [0.1, 0.15) is 28.8 Å². The van der Waals surface area contributed by atoms with Gasteiger partial charge >= 0.3 is 0 Å². The molecular weight excluding hydrogens is 388 g/mol. The molecular formula is C23H22ClN2O3+. The Morgan fingerprint density at radius 1 is 1.07 bits per heavy atom. The Hall–Kier alpha value is -2.50. The lowest BCUT2D eigenvalue weighted by atomic mass is 9.85. The Morgan fingerprint density at radius 3 is 2.52 bits per heavy atom. The quantitative estimate of drug-likeness (QED) is 0.623. The maximum Gasteiger partial charge on any atom is 0.244 e. The molecule has 0 aromatic heterocycles. The van der Waals surface area contributed by atoms with Gasteiger partial charge in [0.05, 0.1) is 12.2 Å². The SMILES string of the molecule is Cc1ccc(C(=O)[C@H]2[C@H]3C(=O)N(c4cccc(Cl)c4)C(=O)[C@@H]3[C@H]3CCC[NH+]32)cc1. The Balaban J connectivity index is 1.55. The maximum absolute atomic E-state index is 13.5. The van der Waals surface area contributed by atoms with E-state index in [0.29, 0.717) is 16.3 Å². The van der Waals surface area contributed by atoms with Crippen LogP contribution in [0, 0.1) is 18.8 Å². The Morgan fingerprint density at radius 2 is 1.79 bits per heavy atom. The number of imide groups is 1. The first-order chi connectivity index (χ1) is 14.0. The van der Waals surface area contributed by atoms with Crippen LogP contribution in [-0.4, -0.2) is 36.2 Å². The molecule has 5 nitrogen and oxygen atoms in total. The van der Waals surface area contributed by atoms with Crippen molar-refractivity contribution in [2.45, 2.75) is 31.8 Å². The monoisotopic (exact) mass is 409 g/mol. The van der Waals surface area contributed by atoms with Crippen LogP contribution in [0.15, 0.2) is 48.5 Å². The molecule has 0 saturated carbocycles. The van der Waals surface area contributed by atoms with Gasteiger partial charge in [0, 0.05) is 23.4 Å². The van der Waals surface area contributed by atoms with Crippen LogP contribution in [0.25, 0.3) is 0 Å². The number of ketones is 1. The molecule has 0 radical (unpaired) electrons. The molecule has 5 atom stereocenters. The summed E-state index contributed by atoms with van der Waals surface area (Å²) in [7, 11) is 0. The molecule has 2 aromatic carbocycles. The molecule has 1 unspecified atom stereocenters. The maximum atomic E-state index is 13.5. The number of carbonyl (C=O) groups excluding carboxylic acids is 3. The molecule has 0 bridgehead atoms. The summed E-state index contributed by atoms with van der Waals surface area (Å²) >= 11 is 6.09. The van der Waals surface area contributed by atoms with E-state index < -0.39 is 17.9 Å². The lowest BCUT2D eigenvalue weighted by molar-refractivity contribution is -0.915. The van der Waals surface area contributed by atoms with Gasteiger partial charge < -0.3 is 4.90 Å². The average molecular weight is 410 g/mol. The fraction of sp³-hybridized carbons (Fsp3) is 0.348. The highest BCUT2D eigenvalue weighted by Crippen LogP contribution is 2.40. The van der Waals surface area contributed by atoms with Crippen molar-refractivity contribution >= 4 is 34.9 Å². The molecule has 29 heavy (non-hydrogen) atoms. The first-order valence-corrected chi connectivity index (χ1v) is 10.4. The van der Waals surface area contributed by atoms with E-state index in [1.807, 2.05) is 31.2 Å². The summed E-state index contributed by atoms with van der Waals surface area (Å²) in [5, 5.41) is 0.473. The first kappa shape index (κ1) is 18.5. The number of halogens is 1. The number of fused-ring (bicyclic) bond motifs is 3. The number of carbonyl (C=O) groups is 3. The van der Waals surface area contributed by atoms with E-state index in [0.717, 1.165) is 29.8 Å². The molecule has 3 saturated heterocycles. The molecule has 148 valence electrons. The highest BCUT2D eigenvalue weighted by molar-refractivity contribution is 6.31. The zero-order chi connectivity index (χ0) is 20.3. The number of amides is 2. The van der Waals surface area contributed by atoms with E-state index in [4.69, 9.17) is 11.6 Å². The van der Waals surface area contributed by atoms with Gasteiger partial charge in [0.15, 0.2) is 6.04 Å². The van der Waals surface area contributed by atoms with Gasteiger partial charge in [-0.2, -0.15) is 0 Å². The third-order valence-electron chi connectivity index (χ3n) is 6.73. The number of hydrogen-bond donors (Lipinski definition) is 1. The largest absolute Gasteiger partial charge is 0.322 e. The summed E-state index contributed by atoms with van der Waals surface area (Å²) in [5.41, 5.74) is 2.18. The fourth-order valence-corrected chi connectivity index (χ4v) is 5.69. The molecule has 1 N–H and O–H groups in total. The topological polar surface area (TPSA) is 58.9 Å². The van der Waals surface area contributed by atoms with Crippen LogP contribution in [0.2, 0.25) is 5.02 Å². The van der Waals surface area contributed by atoms with E-state index in [2.05, 4.69) is 0 Å². The lowest BCUT2D eigenvalue weighted by Crippen LogP contribution is -3.16. The molecule has 3 heterocycles. The smallest absolute Gasteiger partial charge is 0.244 e. The van der Waals surface area contributed by atoms with E-state index in [9.17, 15) is 14.4 Å². The fourth-order valence-electron chi connectivity index (χ4n) is 5.51. The summed E-state index contributed by atoms with van der Waals surface area (Å²) in [4.78, 5) is 42.6. The zero-order valence-corrected chi connectivity index (χ0v) is 16.9. The number of benzene rings is 2. The second-order valence-corrected chi connectivity index (χ2v) is 8.76. The lowest BCUT2D eigenvalue weighted by Gasteiger charge is -2.25. The van der Waals surface area contributed by atoms with Crippen molar-refractivity contribution in [3.8, 4) is 0 Å². The highest BCUT2D eigenvalue weighted by Gasteiger charge is 2.68. The van der Waals surface area contributed by atoms with Gasteiger partial charge in [0.1, 0.15) is 17.9 Å². The van der Waals surface area contributed by atoms with Crippen LogP contribution in [-0.2, 0) is 9.59 Å².